The van der Waals surface area contributed by atoms with Crippen LogP contribution in [0.4, 0.5) is 5.69 Å². The van der Waals surface area contributed by atoms with Crippen LogP contribution in [-0.4, -0.2) is 87.8 Å². The molecule has 2 N–H and O–H groups in total. The molecular weight excluding hydrogens is 841 g/mol. The van der Waals surface area contributed by atoms with Gasteiger partial charge in [-0.25, -0.2) is 4.79 Å². The number of rotatable bonds is 11. The van der Waals surface area contributed by atoms with Gasteiger partial charge in [0.25, 0.3) is 11.6 Å². The maximum absolute atomic E-state index is 15.7. The van der Waals surface area contributed by atoms with Gasteiger partial charge in [-0.3, -0.25) is 34.1 Å². The fourth-order valence-corrected chi connectivity index (χ4v) is 10.8. The minimum atomic E-state index is -2.25. The number of benzene rings is 3. The lowest BCUT2D eigenvalue weighted by atomic mass is 9.43. The second-order valence-corrected chi connectivity index (χ2v) is 18.5. The summed E-state index contributed by atoms with van der Waals surface area (Å²) in [6.07, 6.45) is -5.57. The van der Waals surface area contributed by atoms with Crippen molar-refractivity contribution in [2.24, 2.45) is 28.6 Å². The van der Waals surface area contributed by atoms with Gasteiger partial charge in [-0.05, 0) is 67.2 Å². The molecule has 11 atom stereocenters. The van der Waals surface area contributed by atoms with E-state index in [2.05, 4.69) is 5.32 Å². The number of ether oxygens (including phenoxy) is 5. The lowest BCUT2D eigenvalue weighted by Crippen LogP contribution is -2.80. The van der Waals surface area contributed by atoms with Crippen molar-refractivity contribution >= 4 is 41.3 Å². The number of hydrogen-bond donors (Lipinski definition) is 2. The third kappa shape index (κ3) is 7.90. The number of ketones is 1. The fraction of sp³-hybridized carbons (Fsp3) is 0.469. The maximum Gasteiger partial charge on any atom is 0.338 e. The molecule has 2 saturated carbocycles. The van der Waals surface area contributed by atoms with Gasteiger partial charge in [0.1, 0.15) is 23.9 Å². The number of nitro groups is 1. The lowest BCUT2D eigenvalue weighted by molar-refractivity contribution is -0.384. The van der Waals surface area contributed by atoms with E-state index in [1.165, 1.54) is 43.3 Å². The van der Waals surface area contributed by atoms with E-state index in [1.54, 1.807) is 83.1 Å². The molecular formula is C49H54N2O14. The summed E-state index contributed by atoms with van der Waals surface area (Å²) in [5.74, 6) is -7.38. The summed E-state index contributed by atoms with van der Waals surface area (Å²) in [6, 6.07) is 20.7. The van der Waals surface area contributed by atoms with Crippen LogP contribution >= 0.6 is 0 Å². The Hall–Kier alpha value is -6.26. The zero-order valence-electron chi connectivity index (χ0n) is 37.5. The van der Waals surface area contributed by atoms with Crippen molar-refractivity contribution in [2.75, 3.05) is 6.61 Å². The number of nitro benzene ring substituents is 1. The van der Waals surface area contributed by atoms with Crippen LogP contribution in [-0.2, 0) is 42.9 Å². The first-order valence-corrected chi connectivity index (χ1v) is 21.6. The second kappa shape index (κ2) is 17.3. The molecule has 3 aromatic carbocycles. The van der Waals surface area contributed by atoms with Crippen LogP contribution in [0.2, 0.25) is 0 Å². The minimum absolute atomic E-state index is 0.0986. The molecule has 3 aliphatic carbocycles. The van der Waals surface area contributed by atoms with E-state index in [4.69, 9.17) is 23.7 Å². The van der Waals surface area contributed by atoms with Crippen LogP contribution in [0.1, 0.15) is 101 Å². The number of Topliss-reactive ketones (excluding diaryl/α,β-unsaturated/α-hetero) is 1. The van der Waals surface area contributed by atoms with E-state index < -0.39 is 117 Å². The third-order valence-corrected chi connectivity index (χ3v) is 14.6. The van der Waals surface area contributed by atoms with Crippen molar-refractivity contribution in [3.63, 3.8) is 0 Å². The maximum atomic E-state index is 15.7. The Balaban J connectivity index is 1.36. The van der Waals surface area contributed by atoms with Gasteiger partial charge < -0.3 is 34.1 Å². The predicted octanol–water partition coefficient (Wildman–Crippen LogP) is 6.19. The molecule has 16 nitrogen and oxygen atoms in total. The largest absolute Gasteiger partial charge is 0.457 e. The fourth-order valence-electron chi connectivity index (χ4n) is 10.8. The first kappa shape index (κ1) is 46.7. The second-order valence-electron chi connectivity index (χ2n) is 18.5. The Morgan fingerprint density at radius 1 is 0.877 bits per heavy atom. The summed E-state index contributed by atoms with van der Waals surface area (Å²) in [4.78, 5) is 95.3. The summed E-state index contributed by atoms with van der Waals surface area (Å²) >= 11 is 0. The first-order valence-electron chi connectivity index (χ1n) is 21.6. The molecule has 16 heteroatoms. The van der Waals surface area contributed by atoms with Gasteiger partial charge in [0, 0.05) is 48.8 Å². The summed E-state index contributed by atoms with van der Waals surface area (Å²) in [5.41, 5.74) is -6.02. The zero-order valence-corrected chi connectivity index (χ0v) is 37.5. The Kier molecular flexibility index (Phi) is 12.4. The molecule has 0 spiro atoms. The summed E-state index contributed by atoms with van der Waals surface area (Å²) in [7, 11) is 0. The predicted molar refractivity (Wildman–Crippen MR) is 231 cm³/mol. The van der Waals surface area contributed by atoms with Gasteiger partial charge in [0.05, 0.1) is 35.0 Å². The monoisotopic (exact) mass is 894 g/mol. The van der Waals surface area contributed by atoms with Crippen LogP contribution in [0.3, 0.4) is 0 Å². The Morgan fingerprint density at radius 3 is 2.05 bits per heavy atom. The minimum Gasteiger partial charge on any atom is -0.457 e. The van der Waals surface area contributed by atoms with Crippen molar-refractivity contribution in [1.82, 2.24) is 5.32 Å². The molecule has 7 rings (SSSR count). The highest BCUT2D eigenvalue weighted by molar-refractivity contribution is 5.96. The number of non-ortho nitro benzene ring substituents is 1. The number of carbonyl (C=O) groups excluding carboxylic acids is 6. The Morgan fingerprint density at radius 2 is 1.49 bits per heavy atom. The third-order valence-electron chi connectivity index (χ3n) is 14.6. The molecule has 1 unspecified atom stereocenters. The van der Waals surface area contributed by atoms with Gasteiger partial charge in [0.15, 0.2) is 17.5 Å². The summed E-state index contributed by atoms with van der Waals surface area (Å²) < 4.78 is 31.1. The zero-order chi connectivity index (χ0) is 47.4. The number of nitrogens with one attached hydrogen (secondary N) is 1. The molecule has 1 heterocycles. The van der Waals surface area contributed by atoms with E-state index in [9.17, 15) is 39.2 Å². The smallest absolute Gasteiger partial charge is 0.338 e. The van der Waals surface area contributed by atoms with E-state index in [0.29, 0.717) is 11.1 Å². The number of nitrogens with zero attached hydrogens (tertiary/aromatic N) is 1. The first-order chi connectivity index (χ1) is 30.6. The topological polar surface area (TPSA) is 224 Å². The quantitative estimate of drug-likeness (QED) is 0.0720. The molecule has 2 bridgehead atoms. The molecule has 344 valence electrons. The number of hydrogen-bond acceptors (Lipinski definition) is 14. The van der Waals surface area contributed by atoms with Gasteiger partial charge in [-0.15, -0.1) is 0 Å². The lowest BCUT2D eigenvalue weighted by Gasteiger charge is -2.68. The van der Waals surface area contributed by atoms with E-state index in [-0.39, 0.29) is 35.4 Å². The Bertz CT molecular complexity index is 2440. The highest BCUT2D eigenvalue weighted by atomic mass is 16.6. The van der Waals surface area contributed by atoms with E-state index in [0.717, 1.165) is 6.92 Å². The van der Waals surface area contributed by atoms with E-state index in [1.807, 2.05) is 6.92 Å². The van der Waals surface area contributed by atoms with Crippen LogP contribution in [0.15, 0.2) is 96.1 Å². The number of amides is 1. The van der Waals surface area contributed by atoms with Gasteiger partial charge in [-0.1, -0.05) is 76.2 Å². The number of aliphatic hydroxyl groups is 1. The number of esters is 4. The molecule has 65 heavy (non-hydrogen) atoms. The summed E-state index contributed by atoms with van der Waals surface area (Å²) in [6.45, 7) is 12.1. The highest BCUT2D eigenvalue weighted by Crippen LogP contribution is 2.65. The summed E-state index contributed by atoms with van der Waals surface area (Å²) in [5, 5.41) is 28.0. The number of fused-ring (bicyclic) bond motifs is 5. The molecule has 0 radical (unpaired) electrons. The normalized spacial score (nSPS) is 30.9. The molecule has 3 fully saturated rings. The molecule has 1 aliphatic heterocycles. The van der Waals surface area contributed by atoms with Crippen molar-refractivity contribution < 1.29 is 62.5 Å². The molecule has 1 saturated heterocycles. The average Bonchev–Trinajstić information content (AvgIpc) is 3.26. The van der Waals surface area contributed by atoms with Gasteiger partial charge in [-0.2, -0.15) is 0 Å². The number of carbonyl (C=O) groups is 6. The van der Waals surface area contributed by atoms with Crippen molar-refractivity contribution in [3.05, 3.63) is 123 Å². The van der Waals surface area contributed by atoms with Crippen LogP contribution < -0.4 is 5.32 Å². The van der Waals surface area contributed by atoms with Crippen molar-refractivity contribution in [2.45, 2.75) is 110 Å². The Labute approximate surface area is 376 Å². The van der Waals surface area contributed by atoms with E-state index >= 15 is 4.79 Å². The van der Waals surface area contributed by atoms with Gasteiger partial charge in [0.2, 0.25) is 0 Å². The molecule has 4 aliphatic rings. The molecule has 1 amide bonds. The van der Waals surface area contributed by atoms with Crippen molar-refractivity contribution in [3.8, 4) is 0 Å². The van der Waals surface area contributed by atoms with Gasteiger partial charge >= 0.3 is 23.9 Å². The van der Waals surface area contributed by atoms with Crippen LogP contribution in [0.5, 0.6) is 0 Å². The highest BCUT2D eigenvalue weighted by Gasteiger charge is 2.77. The standard InChI is InChI=1S/C49H54N2O14/c1-26-23-36-48(25-61-36,65-30(5)53)40-42(64-45(57)33-17-13-10-14-18-33)49(58)24-35(27(2)37(46(49,6)7)39(62-29(4)52)41(54)47(26,40)8)63-44(56)28(3)38(31-15-11-9-12-16-31)50-43(55)32-19-21-34(22-20-32)51(59)60/h9-22,26,28,35-36,38-40,42,58H,23-25H2,1-8H3,(H,50,55)/t26-,28+,35-,36+,38?,39+,40-,42-,47+,48-,49+/m0/s1. The van der Waals surface area contributed by atoms with Crippen LogP contribution in [0.25, 0.3) is 0 Å². The van der Waals surface area contributed by atoms with Crippen molar-refractivity contribution in [1.29, 1.82) is 0 Å². The van der Waals surface area contributed by atoms with Crippen LogP contribution in [0, 0.1) is 38.7 Å². The molecule has 3 aromatic rings. The molecule has 0 aromatic heterocycles. The average molecular weight is 895 g/mol. The SMILES string of the molecule is CC(=O)O[C@H]1C(=O)[C@@]2(C)[C@H]([C@H](OC(=O)c3ccccc3)[C@]3(O)C[C@H](OC(=O)[C@H](C)C(NC(=O)c4ccc([N+](=O)[O-])cc4)c4ccccc4)C(C)=C1C3(C)C)[C@]1(OC(C)=O)CO[C@@H]1C[C@@H]2C.